The Labute approximate surface area is 75.2 Å². The lowest BCUT2D eigenvalue weighted by molar-refractivity contribution is 0.939. The summed E-state index contributed by atoms with van der Waals surface area (Å²) >= 11 is 5.94. The molecule has 1 aromatic rings. The highest BCUT2D eigenvalue weighted by Crippen LogP contribution is 2.25. The van der Waals surface area contributed by atoms with Gasteiger partial charge in [0.05, 0.1) is 5.02 Å². The number of halogens is 1. The molecule has 0 aliphatic carbocycles. The monoisotopic (exact) mass is 181 g/mol. The third kappa shape index (κ3) is 1.12. The standard InChI is InChI=1S/C8H8ClN3/c9-6-2-1-3-7-5(6)4-11-8(10)12-7/h1-3,12H,4,10H2/q+1. The van der Waals surface area contributed by atoms with Crippen LogP contribution in [-0.4, -0.2) is 5.96 Å². The first-order chi connectivity index (χ1) is 5.77. The molecule has 4 heteroatoms. The molecule has 0 atom stereocenters. The Balaban J connectivity index is 2.49. The second-order valence-corrected chi connectivity index (χ2v) is 3.00. The fourth-order valence-corrected chi connectivity index (χ4v) is 1.41. The van der Waals surface area contributed by atoms with Crippen LogP contribution < -0.4 is 16.0 Å². The fraction of sp³-hybridized carbons (Fsp3) is 0.125. The van der Waals surface area contributed by atoms with Gasteiger partial charge in [-0.2, -0.15) is 0 Å². The Kier molecular flexibility index (Phi) is 1.66. The third-order valence-electron chi connectivity index (χ3n) is 1.79. The second kappa shape index (κ2) is 2.68. The lowest BCUT2D eigenvalue weighted by atomic mass is 10.1. The predicted molar refractivity (Wildman–Crippen MR) is 50.1 cm³/mol. The molecular formula is C8H8ClN3+. The molecule has 0 spiro atoms. The van der Waals surface area contributed by atoms with Gasteiger partial charge in [-0.05, 0) is 12.1 Å². The van der Waals surface area contributed by atoms with E-state index in [1.165, 1.54) is 0 Å². The van der Waals surface area contributed by atoms with E-state index < -0.39 is 0 Å². The molecule has 0 bridgehead atoms. The second-order valence-electron chi connectivity index (χ2n) is 2.59. The van der Waals surface area contributed by atoms with Gasteiger partial charge in [0.25, 0.3) is 0 Å². The summed E-state index contributed by atoms with van der Waals surface area (Å²) in [4.78, 5) is 4.03. The van der Waals surface area contributed by atoms with Crippen molar-refractivity contribution in [1.29, 1.82) is 0 Å². The summed E-state index contributed by atoms with van der Waals surface area (Å²) in [6, 6.07) is 5.66. The van der Waals surface area contributed by atoms with Crippen molar-refractivity contribution in [2.45, 2.75) is 6.54 Å². The Bertz CT molecular complexity index is 346. The van der Waals surface area contributed by atoms with Gasteiger partial charge >= 0.3 is 5.96 Å². The Morgan fingerprint density at radius 1 is 1.50 bits per heavy atom. The Morgan fingerprint density at radius 2 is 2.33 bits per heavy atom. The SMILES string of the molecule is NC1=[N+]Cc2c(Cl)cccc2N1. The molecule has 1 radical (unpaired) electrons. The molecule has 3 N–H and O–H groups in total. The zero-order chi connectivity index (χ0) is 8.55. The van der Waals surface area contributed by atoms with Gasteiger partial charge in [0, 0.05) is 5.56 Å². The predicted octanol–water partition coefficient (Wildman–Crippen LogP) is 0.916. The van der Waals surface area contributed by atoms with Crippen LogP contribution >= 0.6 is 11.6 Å². The highest BCUT2D eigenvalue weighted by atomic mass is 35.5. The first-order valence-electron chi connectivity index (χ1n) is 3.62. The van der Waals surface area contributed by atoms with Crippen molar-refractivity contribution in [1.82, 2.24) is 4.99 Å². The van der Waals surface area contributed by atoms with E-state index in [1.807, 2.05) is 18.2 Å². The summed E-state index contributed by atoms with van der Waals surface area (Å²) < 4.78 is 0. The van der Waals surface area contributed by atoms with E-state index in [-0.39, 0.29) is 0 Å². The lowest BCUT2D eigenvalue weighted by Crippen LogP contribution is -2.31. The van der Waals surface area contributed by atoms with E-state index in [4.69, 9.17) is 17.3 Å². The smallest absolute Gasteiger partial charge is 0.288 e. The summed E-state index contributed by atoms with van der Waals surface area (Å²) in [5, 5.41) is 3.68. The number of hydrogen-bond donors (Lipinski definition) is 2. The molecule has 1 aliphatic heterocycles. The minimum atomic E-state index is 0.449. The number of benzene rings is 1. The zero-order valence-corrected chi connectivity index (χ0v) is 7.10. The van der Waals surface area contributed by atoms with Crippen molar-refractivity contribution in [3.8, 4) is 0 Å². The number of rotatable bonds is 0. The van der Waals surface area contributed by atoms with E-state index in [0.717, 1.165) is 16.3 Å². The van der Waals surface area contributed by atoms with Crippen molar-refractivity contribution in [3.05, 3.63) is 28.8 Å². The largest absolute Gasteiger partial charge is 0.382 e. The van der Waals surface area contributed by atoms with E-state index in [2.05, 4.69) is 10.3 Å². The topological polar surface area (TPSA) is 52.2 Å². The van der Waals surface area contributed by atoms with Gasteiger partial charge < -0.3 is 0 Å². The van der Waals surface area contributed by atoms with Crippen LogP contribution in [0.1, 0.15) is 5.56 Å². The number of nitrogens with two attached hydrogens (primary N) is 1. The van der Waals surface area contributed by atoms with Crippen LogP contribution in [-0.2, 0) is 6.54 Å². The molecule has 1 aliphatic rings. The van der Waals surface area contributed by atoms with Crippen LogP contribution in [0.2, 0.25) is 5.02 Å². The van der Waals surface area contributed by atoms with Crippen molar-refractivity contribution in [2.75, 3.05) is 5.32 Å². The molecule has 12 heavy (non-hydrogen) atoms. The first kappa shape index (κ1) is 7.43. The van der Waals surface area contributed by atoms with Crippen LogP contribution in [0.25, 0.3) is 0 Å². The number of fused-ring (bicyclic) bond motifs is 1. The maximum atomic E-state index is 5.94. The zero-order valence-electron chi connectivity index (χ0n) is 6.34. The van der Waals surface area contributed by atoms with Crippen molar-refractivity contribution in [2.24, 2.45) is 5.73 Å². The number of nitrogens with one attached hydrogen (secondary N) is 1. The molecule has 0 unspecified atom stereocenters. The summed E-state index contributed by atoms with van der Waals surface area (Å²) in [7, 11) is 0. The lowest BCUT2D eigenvalue weighted by Gasteiger charge is -2.09. The van der Waals surface area contributed by atoms with Crippen molar-refractivity contribution >= 4 is 23.2 Å². The van der Waals surface area contributed by atoms with Crippen LogP contribution in [0.5, 0.6) is 0 Å². The highest BCUT2D eigenvalue weighted by Gasteiger charge is 2.17. The van der Waals surface area contributed by atoms with Gasteiger partial charge in [-0.1, -0.05) is 17.7 Å². The molecule has 2 rings (SSSR count). The van der Waals surface area contributed by atoms with E-state index in [0.29, 0.717) is 12.5 Å². The number of anilines is 1. The summed E-state index contributed by atoms with van der Waals surface area (Å²) in [6.45, 7) is 0.563. The van der Waals surface area contributed by atoms with Crippen molar-refractivity contribution in [3.63, 3.8) is 0 Å². The minimum absolute atomic E-state index is 0.449. The third-order valence-corrected chi connectivity index (χ3v) is 2.14. The summed E-state index contributed by atoms with van der Waals surface area (Å²) in [6.07, 6.45) is 0. The number of aliphatic imine (C=N–C) groups is 1. The molecule has 1 heterocycles. The van der Waals surface area contributed by atoms with Gasteiger partial charge in [0.15, 0.2) is 0 Å². The average molecular weight is 182 g/mol. The van der Waals surface area contributed by atoms with E-state index in [9.17, 15) is 0 Å². The van der Waals surface area contributed by atoms with E-state index >= 15 is 0 Å². The maximum Gasteiger partial charge on any atom is 0.382 e. The van der Waals surface area contributed by atoms with Gasteiger partial charge in [-0.15, -0.1) is 4.99 Å². The van der Waals surface area contributed by atoms with Gasteiger partial charge in [0.1, 0.15) is 12.2 Å². The van der Waals surface area contributed by atoms with Gasteiger partial charge in [-0.3, -0.25) is 5.73 Å². The molecule has 0 fully saturated rings. The fourth-order valence-electron chi connectivity index (χ4n) is 1.18. The van der Waals surface area contributed by atoms with Crippen molar-refractivity contribution < 1.29 is 0 Å². The molecule has 61 valence electrons. The van der Waals surface area contributed by atoms with Gasteiger partial charge in [-0.25, -0.2) is 5.32 Å². The Morgan fingerprint density at radius 3 is 3.17 bits per heavy atom. The quantitative estimate of drug-likeness (QED) is 0.625. The molecular weight excluding hydrogens is 174 g/mol. The van der Waals surface area contributed by atoms with Gasteiger partial charge in [0.2, 0.25) is 0 Å². The normalized spacial score (nSPS) is 14.6. The molecule has 0 aromatic heterocycles. The summed E-state index contributed by atoms with van der Waals surface area (Å²) in [5.74, 6) is 0.449. The summed E-state index contributed by atoms with van der Waals surface area (Å²) in [5.41, 5.74) is 7.46. The highest BCUT2D eigenvalue weighted by molar-refractivity contribution is 6.31. The molecule has 1 aromatic carbocycles. The number of guanidine groups is 1. The maximum absolute atomic E-state index is 5.94. The Hall–Kier alpha value is -1.22. The van der Waals surface area contributed by atoms with Crippen LogP contribution in [0.3, 0.4) is 0 Å². The molecule has 0 saturated heterocycles. The first-order valence-corrected chi connectivity index (χ1v) is 3.99. The van der Waals surface area contributed by atoms with E-state index in [1.54, 1.807) is 0 Å². The molecule has 0 amide bonds. The van der Waals surface area contributed by atoms with Crippen LogP contribution in [0, 0.1) is 0 Å². The number of hydrogen-bond acceptors (Lipinski definition) is 3. The molecule has 0 saturated carbocycles. The molecule has 3 nitrogen and oxygen atoms in total. The minimum Gasteiger partial charge on any atom is -0.288 e. The average Bonchev–Trinajstić information content (AvgIpc) is 2.04. The van der Waals surface area contributed by atoms with Crippen LogP contribution in [0.15, 0.2) is 18.2 Å². The van der Waals surface area contributed by atoms with Crippen LogP contribution in [0.4, 0.5) is 5.69 Å². The number of nitrogens with zero attached hydrogens (tertiary/aromatic N) is 1.